The van der Waals surface area contributed by atoms with Crippen molar-refractivity contribution >= 4 is 41.1 Å². The predicted octanol–water partition coefficient (Wildman–Crippen LogP) is 4.49. The van der Waals surface area contributed by atoms with Gasteiger partial charge in [0.05, 0.1) is 12.8 Å². The highest BCUT2D eigenvalue weighted by Gasteiger charge is 2.25. The average Bonchev–Trinajstić information content (AvgIpc) is 2.89. The lowest BCUT2D eigenvalue weighted by molar-refractivity contribution is -0.121. The number of carbonyl (C=O) groups excluding carboxylic acids is 2. The van der Waals surface area contributed by atoms with Crippen molar-refractivity contribution in [3.63, 3.8) is 0 Å². The van der Waals surface area contributed by atoms with E-state index in [9.17, 15) is 9.59 Å². The van der Waals surface area contributed by atoms with E-state index in [0.29, 0.717) is 23.1 Å². The van der Waals surface area contributed by atoms with Crippen molar-refractivity contribution in [2.45, 2.75) is 28.4 Å². The molecule has 0 aromatic heterocycles. The van der Waals surface area contributed by atoms with E-state index in [2.05, 4.69) is 6.92 Å². The number of ether oxygens (including phenoxy) is 2. The Balaban J connectivity index is 1.71. The van der Waals surface area contributed by atoms with Gasteiger partial charge in [-0.2, -0.15) is 0 Å². The van der Waals surface area contributed by atoms with Crippen molar-refractivity contribution in [3.8, 4) is 5.75 Å². The van der Waals surface area contributed by atoms with Crippen molar-refractivity contribution in [1.29, 1.82) is 0 Å². The van der Waals surface area contributed by atoms with Crippen LogP contribution in [0.3, 0.4) is 0 Å². The maximum absolute atomic E-state index is 12.8. The highest BCUT2D eigenvalue weighted by Crippen LogP contribution is 2.37. The van der Waals surface area contributed by atoms with Crippen LogP contribution in [0.15, 0.2) is 52.3 Å². The number of thioether (sulfide) groups is 2. The van der Waals surface area contributed by atoms with Crippen LogP contribution in [0.25, 0.3) is 0 Å². The molecule has 1 aliphatic rings. The molecule has 3 rings (SSSR count). The Morgan fingerprint density at radius 2 is 2.04 bits per heavy atom. The number of benzene rings is 2. The summed E-state index contributed by atoms with van der Waals surface area (Å²) in [7, 11) is 1.51. The van der Waals surface area contributed by atoms with Crippen LogP contribution in [0.4, 0.5) is 5.69 Å². The van der Waals surface area contributed by atoms with E-state index in [1.807, 2.05) is 36.6 Å². The van der Waals surface area contributed by atoms with E-state index in [0.717, 1.165) is 21.9 Å². The van der Waals surface area contributed by atoms with Crippen LogP contribution in [0, 0.1) is 0 Å². The molecule has 2 aromatic carbocycles. The molecular weight excluding hydrogens is 394 g/mol. The maximum atomic E-state index is 12.8. The number of hydrogen-bond acceptors (Lipinski definition) is 6. The van der Waals surface area contributed by atoms with E-state index in [1.54, 1.807) is 40.6 Å². The van der Waals surface area contributed by atoms with Crippen LogP contribution in [0.1, 0.15) is 23.7 Å². The molecule has 1 amide bonds. The van der Waals surface area contributed by atoms with Gasteiger partial charge in [0.25, 0.3) is 5.91 Å². The van der Waals surface area contributed by atoms with E-state index < -0.39 is 5.97 Å². The van der Waals surface area contributed by atoms with Gasteiger partial charge in [0, 0.05) is 21.6 Å². The molecule has 0 spiro atoms. The summed E-state index contributed by atoms with van der Waals surface area (Å²) in [5.41, 5.74) is 1.19. The van der Waals surface area contributed by atoms with E-state index in [4.69, 9.17) is 9.47 Å². The summed E-state index contributed by atoms with van der Waals surface area (Å²) in [5.74, 6) is -0.353. The quantitative estimate of drug-likeness (QED) is 0.528. The second kappa shape index (κ2) is 9.39. The Bertz CT molecular complexity index is 871. The molecule has 0 bridgehead atoms. The summed E-state index contributed by atoms with van der Waals surface area (Å²) in [6.07, 6.45) is 2.83. The summed E-state index contributed by atoms with van der Waals surface area (Å²) in [6.45, 7) is 2.45. The van der Waals surface area contributed by atoms with Gasteiger partial charge < -0.3 is 14.4 Å². The first kappa shape index (κ1) is 20.6. The number of esters is 1. The molecule has 1 heterocycles. The summed E-state index contributed by atoms with van der Waals surface area (Å²) in [6, 6.07) is 13.1. The van der Waals surface area contributed by atoms with Gasteiger partial charge in [-0.25, -0.2) is 4.79 Å². The standard InChI is InChI=1S/C21H23NO4S2/c1-14-10-11-22(17-6-4-5-7-19(17)28-14)20(23)13-26-21(24)16-9-8-15(27-3)12-18(16)25-2/h4-9,12,14H,10-11,13H2,1-3H3/t14-/m0/s1. The molecule has 0 aliphatic carbocycles. The van der Waals surface area contributed by atoms with Crippen molar-refractivity contribution < 1.29 is 19.1 Å². The first-order chi connectivity index (χ1) is 13.5. The topological polar surface area (TPSA) is 55.8 Å². The fourth-order valence-corrected chi connectivity index (χ4v) is 4.54. The average molecular weight is 418 g/mol. The van der Waals surface area contributed by atoms with Gasteiger partial charge in [0.1, 0.15) is 11.3 Å². The molecule has 1 aliphatic heterocycles. The fourth-order valence-electron chi connectivity index (χ4n) is 3.00. The molecule has 0 saturated heterocycles. The molecule has 0 fully saturated rings. The van der Waals surface area contributed by atoms with Gasteiger partial charge in [-0.15, -0.1) is 23.5 Å². The zero-order chi connectivity index (χ0) is 20.1. The summed E-state index contributed by atoms with van der Waals surface area (Å²) in [4.78, 5) is 29.1. The third-order valence-corrected chi connectivity index (χ3v) is 6.46. The Hall–Kier alpha value is -2.12. The van der Waals surface area contributed by atoms with Gasteiger partial charge in [-0.3, -0.25) is 4.79 Å². The monoisotopic (exact) mass is 417 g/mol. The maximum Gasteiger partial charge on any atom is 0.342 e. The molecule has 0 saturated carbocycles. The van der Waals surface area contributed by atoms with E-state index in [-0.39, 0.29) is 12.5 Å². The Morgan fingerprint density at radius 3 is 2.79 bits per heavy atom. The number of amides is 1. The normalized spacial score (nSPS) is 16.1. The molecule has 28 heavy (non-hydrogen) atoms. The van der Waals surface area contributed by atoms with Crippen LogP contribution < -0.4 is 9.64 Å². The van der Waals surface area contributed by atoms with Crippen molar-refractivity contribution in [2.75, 3.05) is 31.4 Å². The SMILES string of the molecule is COc1cc(SC)ccc1C(=O)OCC(=O)N1CC[C@H](C)Sc2ccccc21. The molecule has 5 nitrogen and oxygen atoms in total. The third-order valence-electron chi connectivity index (χ3n) is 4.50. The van der Waals surface area contributed by atoms with Crippen LogP contribution in [0.5, 0.6) is 5.75 Å². The number of para-hydroxylation sites is 1. The lowest BCUT2D eigenvalue weighted by Gasteiger charge is -2.22. The summed E-state index contributed by atoms with van der Waals surface area (Å²) >= 11 is 3.32. The molecular formula is C21H23NO4S2. The first-order valence-corrected chi connectivity index (χ1v) is 11.1. The van der Waals surface area contributed by atoms with E-state index in [1.165, 1.54) is 7.11 Å². The minimum atomic E-state index is -0.566. The van der Waals surface area contributed by atoms with Crippen LogP contribution in [-0.4, -0.2) is 43.6 Å². The number of carbonyl (C=O) groups is 2. The first-order valence-electron chi connectivity index (χ1n) is 8.98. The van der Waals surface area contributed by atoms with Crippen LogP contribution in [-0.2, 0) is 9.53 Å². The van der Waals surface area contributed by atoms with Crippen molar-refractivity contribution in [2.24, 2.45) is 0 Å². The van der Waals surface area contributed by atoms with Crippen molar-refractivity contribution in [1.82, 2.24) is 0 Å². The molecule has 2 aromatic rings. The van der Waals surface area contributed by atoms with Gasteiger partial charge in [0.15, 0.2) is 6.61 Å². The zero-order valence-corrected chi connectivity index (χ0v) is 17.8. The second-order valence-corrected chi connectivity index (χ2v) is 8.73. The predicted molar refractivity (Wildman–Crippen MR) is 114 cm³/mol. The highest BCUT2D eigenvalue weighted by atomic mass is 32.2. The Morgan fingerprint density at radius 1 is 1.25 bits per heavy atom. The molecule has 1 atom stereocenters. The third kappa shape index (κ3) is 4.64. The number of rotatable bonds is 5. The Kier molecular flexibility index (Phi) is 6.91. The lowest BCUT2D eigenvalue weighted by atomic mass is 10.2. The van der Waals surface area contributed by atoms with Gasteiger partial charge in [-0.05, 0) is 43.0 Å². The molecule has 0 radical (unpaired) electrons. The number of anilines is 1. The van der Waals surface area contributed by atoms with Gasteiger partial charge in [0.2, 0.25) is 0 Å². The van der Waals surface area contributed by atoms with E-state index >= 15 is 0 Å². The van der Waals surface area contributed by atoms with Gasteiger partial charge in [-0.1, -0.05) is 19.1 Å². The van der Waals surface area contributed by atoms with Crippen LogP contribution in [0.2, 0.25) is 0 Å². The minimum absolute atomic E-state index is 0.227. The smallest absolute Gasteiger partial charge is 0.342 e. The minimum Gasteiger partial charge on any atom is -0.496 e. The molecule has 0 N–H and O–H groups in total. The summed E-state index contributed by atoms with van der Waals surface area (Å²) < 4.78 is 10.6. The fraction of sp³-hybridized carbons (Fsp3) is 0.333. The zero-order valence-electron chi connectivity index (χ0n) is 16.1. The second-order valence-electron chi connectivity index (χ2n) is 6.37. The van der Waals surface area contributed by atoms with Gasteiger partial charge >= 0.3 is 5.97 Å². The molecule has 0 unspecified atom stereocenters. The largest absolute Gasteiger partial charge is 0.496 e. The lowest BCUT2D eigenvalue weighted by Crippen LogP contribution is -2.35. The molecule has 148 valence electrons. The van der Waals surface area contributed by atoms with Crippen LogP contribution >= 0.6 is 23.5 Å². The Labute approximate surface area is 173 Å². The number of nitrogens with zero attached hydrogens (tertiary/aromatic N) is 1. The molecule has 7 heteroatoms. The highest BCUT2D eigenvalue weighted by molar-refractivity contribution is 8.00. The van der Waals surface area contributed by atoms with Crippen molar-refractivity contribution in [3.05, 3.63) is 48.0 Å². The number of fused-ring (bicyclic) bond motifs is 1. The number of methoxy groups -OCH3 is 1. The number of hydrogen-bond donors (Lipinski definition) is 0. The summed E-state index contributed by atoms with van der Waals surface area (Å²) in [5, 5.41) is 0.417.